The molecule has 0 radical (unpaired) electrons. The Morgan fingerprint density at radius 3 is 2.06 bits per heavy atom. The molecule has 3 rings (SSSR count). The van der Waals surface area contributed by atoms with Crippen LogP contribution in [0.4, 0.5) is 13.2 Å². The molecule has 0 saturated carbocycles. The van der Waals surface area contributed by atoms with Gasteiger partial charge in [-0.1, -0.05) is 12.1 Å². The summed E-state index contributed by atoms with van der Waals surface area (Å²) >= 11 is 0. The monoisotopic (exact) mass is 442 g/mol. The Morgan fingerprint density at radius 2 is 1.41 bits per heavy atom. The van der Waals surface area contributed by atoms with Gasteiger partial charge >= 0.3 is 0 Å². The molecular weight excluding hydrogens is 421 g/mol. The predicted octanol–water partition coefficient (Wildman–Crippen LogP) is 4.72. The van der Waals surface area contributed by atoms with Gasteiger partial charge in [0.15, 0.2) is 0 Å². The summed E-state index contributed by atoms with van der Waals surface area (Å²) in [5.74, 6) is -1.79. The van der Waals surface area contributed by atoms with Gasteiger partial charge in [-0.3, -0.25) is 9.59 Å². The molecule has 0 aliphatic rings. The molecule has 0 aliphatic carbocycles. The number of amides is 2. The third kappa shape index (κ3) is 6.87. The molecule has 5 nitrogen and oxygen atoms in total. The number of ether oxygens (including phenoxy) is 1. The van der Waals surface area contributed by atoms with Crippen LogP contribution in [0.1, 0.15) is 28.8 Å². The number of carbonyl (C=O) groups excluding carboxylic acids is 2. The summed E-state index contributed by atoms with van der Waals surface area (Å²) in [5.41, 5.74) is 0.618. The van der Waals surface area contributed by atoms with Crippen molar-refractivity contribution in [3.63, 3.8) is 0 Å². The zero-order chi connectivity index (χ0) is 22.9. The Labute approximate surface area is 183 Å². The first-order chi connectivity index (χ1) is 15.4. The highest BCUT2D eigenvalue weighted by Gasteiger charge is 2.12. The second kappa shape index (κ2) is 11.0. The lowest BCUT2D eigenvalue weighted by molar-refractivity contribution is -0.121. The summed E-state index contributed by atoms with van der Waals surface area (Å²) < 4.78 is 45.0. The van der Waals surface area contributed by atoms with E-state index >= 15 is 0 Å². The van der Waals surface area contributed by atoms with Crippen LogP contribution in [-0.4, -0.2) is 18.4 Å². The molecule has 166 valence electrons. The highest BCUT2D eigenvalue weighted by atomic mass is 19.1. The van der Waals surface area contributed by atoms with Gasteiger partial charge < -0.3 is 15.4 Å². The van der Waals surface area contributed by atoms with Crippen LogP contribution in [-0.2, 0) is 11.3 Å². The molecule has 3 aromatic rings. The first-order valence-corrected chi connectivity index (χ1v) is 9.93. The molecule has 3 aromatic carbocycles. The lowest BCUT2D eigenvalue weighted by atomic mass is 10.2. The lowest BCUT2D eigenvalue weighted by Gasteiger charge is -2.09. The van der Waals surface area contributed by atoms with E-state index in [1.165, 1.54) is 24.3 Å². The Morgan fingerprint density at radius 1 is 0.781 bits per heavy atom. The molecule has 0 atom stereocenters. The number of halogens is 3. The van der Waals surface area contributed by atoms with Gasteiger partial charge in [-0.15, -0.1) is 0 Å². The molecule has 0 aromatic heterocycles. The highest BCUT2D eigenvalue weighted by Crippen LogP contribution is 2.21. The van der Waals surface area contributed by atoms with Gasteiger partial charge in [-0.05, 0) is 60.5 Å². The molecule has 0 fully saturated rings. The van der Waals surface area contributed by atoms with E-state index in [0.29, 0.717) is 30.5 Å². The van der Waals surface area contributed by atoms with E-state index < -0.39 is 17.5 Å². The van der Waals surface area contributed by atoms with Gasteiger partial charge in [0, 0.05) is 25.6 Å². The maximum Gasteiger partial charge on any atom is 0.254 e. The highest BCUT2D eigenvalue weighted by molar-refractivity contribution is 5.94. The summed E-state index contributed by atoms with van der Waals surface area (Å²) in [6, 6.07) is 15.5. The summed E-state index contributed by atoms with van der Waals surface area (Å²) in [7, 11) is 0. The number of rotatable bonds is 9. The molecule has 8 heteroatoms. The van der Waals surface area contributed by atoms with E-state index in [-0.39, 0.29) is 30.3 Å². The summed E-state index contributed by atoms with van der Waals surface area (Å²) in [6.45, 7) is 0.501. The largest absolute Gasteiger partial charge is 0.457 e. The standard InChI is InChI=1S/C24H21F3N2O3/c25-17-5-10-20(11-6-17)32-19-8-3-16(4-9-19)15-29-23(30)2-1-13-28-24(31)21-12-7-18(26)14-22(21)27/h3-12,14H,1-2,13,15H2,(H,28,31)(H,29,30). The quantitative estimate of drug-likeness (QED) is 0.471. The van der Waals surface area contributed by atoms with Crippen molar-refractivity contribution in [2.45, 2.75) is 19.4 Å². The zero-order valence-corrected chi connectivity index (χ0v) is 17.0. The fourth-order valence-electron chi connectivity index (χ4n) is 2.82. The minimum absolute atomic E-state index is 0.179. The third-order valence-corrected chi connectivity index (χ3v) is 4.50. The normalized spacial score (nSPS) is 10.5. The van der Waals surface area contributed by atoms with Crippen LogP contribution in [0.3, 0.4) is 0 Å². The van der Waals surface area contributed by atoms with Gasteiger partial charge in [0.05, 0.1) is 5.56 Å². The maximum absolute atomic E-state index is 13.6. The summed E-state index contributed by atoms with van der Waals surface area (Å²) in [4.78, 5) is 23.9. The van der Waals surface area contributed by atoms with Crippen molar-refractivity contribution in [3.05, 3.63) is 95.3 Å². The van der Waals surface area contributed by atoms with E-state index in [1.807, 2.05) is 0 Å². The Balaban J connectivity index is 1.35. The molecule has 32 heavy (non-hydrogen) atoms. The topological polar surface area (TPSA) is 67.4 Å². The molecular formula is C24H21F3N2O3. The van der Waals surface area contributed by atoms with Gasteiger partial charge in [0.2, 0.25) is 5.91 Å². The second-order valence-electron chi connectivity index (χ2n) is 6.96. The first-order valence-electron chi connectivity index (χ1n) is 9.93. The van der Waals surface area contributed by atoms with Crippen LogP contribution >= 0.6 is 0 Å². The van der Waals surface area contributed by atoms with Crippen molar-refractivity contribution in [1.29, 1.82) is 0 Å². The molecule has 2 amide bonds. The number of nitrogens with one attached hydrogen (secondary N) is 2. The Bertz CT molecular complexity index is 1070. The fraction of sp³-hybridized carbons (Fsp3) is 0.167. The summed E-state index contributed by atoms with van der Waals surface area (Å²) in [6.07, 6.45) is 0.544. The minimum Gasteiger partial charge on any atom is -0.457 e. The van der Waals surface area contributed by atoms with Crippen LogP contribution in [0.2, 0.25) is 0 Å². The summed E-state index contributed by atoms with van der Waals surface area (Å²) in [5, 5.41) is 5.28. The zero-order valence-electron chi connectivity index (χ0n) is 17.0. The van der Waals surface area contributed by atoms with Gasteiger partial charge in [0.1, 0.15) is 29.0 Å². The average molecular weight is 442 g/mol. The van der Waals surface area contributed by atoms with E-state index in [2.05, 4.69) is 10.6 Å². The van der Waals surface area contributed by atoms with Crippen LogP contribution in [0.25, 0.3) is 0 Å². The van der Waals surface area contributed by atoms with Crippen molar-refractivity contribution < 1.29 is 27.5 Å². The van der Waals surface area contributed by atoms with Crippen molar-refractivity contribution in [1.82, 2.24) is 10.6 Å². The SMILES string of the molecule is O=C(CCCNC(=O)c1ccc(F)cc1F)NCc1ccc(Oc2ccc(F)cc2)cc1. The van der Waals surface area contributed by atoms with Crippen molar-refractivity contribution in [3.8, 4) is 11.5 Å². The first kappa shape index (κ1) is 22.9. The fourth-order valence-corrected chi connectivity index (χ4v) is 2.82. The smallest absolute Gasteiger partial charge is 0.254 e. The minimum atomic E-state index is -0.936. The Kier molecular flexibility index (Phi) is 7.85. The van der Waals surface area contributed by atoms with Gasteiger partial charge in [0.25, 0.3) is 5.91 Å². The van der Waals surface area contributed by atoms with E-state index in [9.17, 15) is 22.8 Å². The second-order valence-corrected chi connectivity index (χ2v) is 6.96. The molecule has 0 unspecified atom stereocenters. The maximum atomic E-state index is 13.6. The van der Waals surface area contributed by atoms with E-state index in [1.54, 1.807) is 24.3 Å². The van der Waals surface area contributed by atoms with Crippen LogP contribution < -0.4 is 15.4 Å². The molecule has 0 heterocycles. The van der Waals surface area contributed by atoms with E-state index in [4.69, 9.17) is 4.74 Å². The number of carbonyl (C=O) groups is 2. The lowest BCUT2D eigenvalue weighted by Crippen LogP contribution is -2.28. The number of hydrogen-bond acceptors (Lipinski definition) is 3. The molecule has 0 spiro atoms. The average Bonchev–Trinajstić information content (AvgIpc) is 2.77. The van der Waals surface area contributed by atoms with Gasteiger partial charge in [-0.25, -0.2) is 13.2 Å². The number of hydrogen-bond donors (Lipinski definition) is 2. The van der Waals surface area contributed by atoms with Crippen LogP contribution in [0.15, 0.2) is 66.7 Å². The predicted molar refractivity (Wildman–Crippen MR) is 113 cm³/mol. The molecule has 2 N–H and O–H groups in total. The van der Waals surface area contributed by atoms with Crippen LogP contribution in [0.5, 0.6) is 11.5 Å². The molecule has 0 bridgehead atoms. The van der Waals surface area contributed by atoms with Crippen molar-refractivity contribution >= 4 is 11.8 Å². The van der Waals surface area contributed by atoms with Gasteiger partial charge in [-0.2, -0.15) is 0 Å². The van der Waals surface area contributed by atoms with Crippen molar-refractivity contribution in [2.75, 3.05) is 6.54 Å². The molecule has 0 aliphatic heterocycles. The van der Waals surface area contributed by atoms with E-state index in [0.717, 1.165) is 17.7 Å². The third-order valence-electron chi connectivity index (χ3n) is 4.50. The Hall–Kier alpha value is -3.81. The van der Waals surface area contributed by atoms with Crippen molar-refractivity contribution in [2.24, 2.45) is 0 Å². The van der Waals surface area contributed by atoms with Crippen LogP contribution in [0, 0.1) is 17.5 Å². The number of benzene rings is 3. The molecule has 0 saturated heterocycles.